The lowest BCUT2D eigenvalue weighted by Gasteiger charge is -2.28. The molecule has 3 atom stereocenters. The second-order valence-corrected chi connectivity index (χ2v) is 6.85. The Labute approximate surface area is 168 Å². The summed E-state index contributed by atoms with van der Waals surface area (Å²) in [5.41, 5.74) is 11.1. The molecule has 12 heteroatoms. The summed E-state index contributed by atoms with van der Waals surface area (Å²) in [5.74, 6) is -4.29. The molecule has 0 saturated carbocycles. The molecular weight excluding hydrogens is 386 g/mol. The van der Waals surface area contributed by atoms with Crippen LogP contribution in [0.4, 0.5) is 0 Å². The monoisotopic (exact) mass is 415 g/mol. The van der Waals surface area contributed by atoms with Crippen LogP contribution in [0.3, 0.4) is 0 Å². The van der Waals surface area contributed by atoms with Crippen molar-refractivity contribution in [3.63, 3.8) is 0 Å². The fraction of sp³-hybridized carbons (Fsp3) is 0.706. The zero-order valence-corrected chi connectivity index (χ0v) is 16.1. The Balaban J connectivity index is 2.79. The van der Waals surface area contributed by atoms with E-state index in [1.165, 1.54) is 4.90 Å². The Morgan fingerprint density at radius 2 is 1.79 bits per heavy atom. The molecule has 1 heterocycles. The normalized spacial score (nSPS) is 18.0. The number of likely N-dealkylation sites (tertiary alicyclic amines) is 1. The summed E-state index contributed by atoms with van der Waals surface area (Å²) >= 11 is 0. The number of unbranched alkanes of at least 4 members (excludes halogenated alkanes) is 1. The first-order valence-corrected chi connectivity index (χ1v) is 9.45. The highest BCUT2D eigenvalue weighted by Crippen LogP contribution is 2.19. The Kier molecular flexibility index (Phi) is 10.0. The number of hydrogen-bond acceptors (Lipinski definition) is 7. The summed E-state index contributed by atoms with van der Waals surface area (Å²) in [4.78, 5) is 60.0. The molecule has 8 N–H and O–H groups in total. The first kappa shape index (κ1) is 24.3. The van der Waals surface area contributed by atoms with Gasteiger partial charge in [0.15, 0.2) is 0 Å². The Bertz CT molecular complexity index is 627. The zero-order valence-electron chi connectivity index (χ0n) is 16.1. The molecule has 0 radical (unpaired) electrons. The van der Waals surface area contributed by atoms with Crippen LogP contribution in [-0.2, 0) is 24.0 Å². The average molecular weight is 415 g/mol. The molecule has 0 aromatic rings. The van der Waals surface area contributed by atoms with E-state index in [0.29, 0.717) is 32.2 Å². The molecule has 3 unspecified atom stereocenters. The van der Waals surface area contributed by atoms with E-state index >= 15 is 0 Å². The van der Waals surface area contributed by atoms with E-state index in [9.17, 15) is 24.0 Å². The Morgan fingerprint density at radius 1 is 1.10 bits per heavy atom. The minimum Gasteiger partial charge on any atom is -0.481 e. The van der Waals surface area contributed by atoms with Crippen molar-refractivity contribution in [3.05, 3.63) is 0 Å². The Hall–Kier alpha value is -2.73. The van der Waals surface area contributed by atoms with Crippen molar-refractivity contribution in [1.29, 1.82) is 0 Å². The highest BCUT2D eigenvalue weighted by molar-refractivity contribution is 5.94. The van der Waals surface area contributed by atoms with Crippen molar-refractivity contribution in [2.75, 3.05) is 19.6 Å². The lowest BCUT2D eigenvalue weighted by molar-refractivity contribution is -0.144. The van der Waals surface area contributed by atoms with Gasteiger partial charge < -0.3 is 37.2 Å². The second-order valence-electron chi connectivity index (χ2n) is 6.85. The van der Waals surface area contributed by atoms with Gasteiger partial charge in [0.25, 0.3) is 0 Å². The molecule has 29 heavy (non-hydrogen) atoms. The van der Waals surface area contributed by atoms with Crippen molar-refractivity contribution < 1.29 is 34.2 Å². The van der Waals surface area contributed by atoms with Gasteiger partial charge in [-0.3, -0.25) is 24.0 Å². The third-order valence-corrected chi connectivity index (χ3v) is 4.54. The minimum atomic E-state index is -1.26. The van der Waals surface area contributed by atoms with Gasteiger partial charge in [-0.05, 0) is 38.6 Å². The minimum absolute atomic E-state index is 0.257. The van der Waals surface area contributed by atoms with Gasteiger partial charge in [0.1, 0.15) is 18.6 Å². The fourth-order valence-corrected chi connectivity index (χ4v) is 3.11. The maximum absolute atomic E-state index is 12.7. The highest BCUT2D eigenvalue weighted by Gasteiger charge is 2.37. The van der Waals surface area contributed by atoms with E-state index < -0.39 is 60.8 Å². The van der Waals surface area contributed by atoms with Crippen LogP contribution in [0.15, 0.2) is 0 Å². The largest absolute Gasteiger partial charge is 0.481 e. The molecule has 12 nitrogen and oxygen atoms in total. The number of nitrogens with two attached hydrogens (primary N) is 2. The van der Waals surface area contributed by atoms with Crippen molar-refractivity contribution in [2.24, 2.45) is 11.5 Å². The van der Waals surface area contributed by atoms with E-state index in [-0.39, 0.29) is 13.0 Å². The third kappa shape index (κ3) is 8.03. The van der Waals surface area contributed by atoms with Crippen LogP contribution >= 0.6 is 0 Å². The van der Waals surface area contributed by atoms with E-state index in [1.54, 1.807) is 0 Å². The quantitative estimate of drug-likeness (QED) is 0.187. The molecule has 0 aliphatic carbocycles. The summed E-state index contributed by atoms with van der Waals surface area (Å²) in [6.07, 6.45) is 1.75. The van der Waals surface area contributed by atoms with Gasteiger partial charge in [0, 0.05) is 6.54 Å². The van der Waals surface area contributed by atoms with Gasteiger partial charge in [-0.15, -0.1) is 0 Å². The number of carbonyl (C=O) groups is 5. The van der Waals surface area contributed by atoms with Gasteiger partial charge in [0.05, 0.1) is 12.5 Å². The highest BCUT2D eigenvalue weighted by atomic mass is 16.4. The third-order valence-electron chi connectivity index (χ3n) is 4.54. The van der Waals surface area contributed by atoms with E-state index in [0.717, 1.165) is 0 Å². The molecule has 1 rings (SSSR count). The molecule has 0 aromatic heterocycles. The van der Waals surface area contributed by atoms with Gasteiger partial charge in [-0.1, -0.05) is 0 Å². The van der Waals surface area contributed by atoms with Gasteiger partial charge in [-0.2, -0.15) is 0 Å². The first-order valence-electron chi connectivity index (χ1n) is 9.45. The van der Waals surface area contributed by atoms with Crippen LogP contribution in [0.25, 0.3) is 0 Å². The van der Waals surface area contributed by atoms with Crippen LogP contribution in [0.2, 0.25) is 0 Å². The van der Waals surface area contributed by atoms with Crippen molar-refractivity contribution >= 4 is 29.7 Å². The maximum Gasteiger partial charge on any atom is 0.322 e. The summed E-state index contributed by atoms with van der Waals surface area (Å²) in [5, 5.41) is 22.3. The number of nitrogens with one attached hydrogen (secondary N) is 2. The maximum atomic E-state index is 12.7. The molecule has 164 valence electrons. The first-order chi connectivity index (χ1) is 13.7. The van der Waals surface area contributed by atoms with Crippen molar-refractivity contribution in [2.45, 2.75) is 56.7 Å². The topological polar surface area (TPSA) is 205 Å². The summed E-state index contributed by atoms with van der Waals surface area (Å²) in [6, 6.07) is -3.11. The lowest BCUT2D eigenvalue weighted by atomic mass is 10.1. The smallest absolute Gasteiger partial charge is 0.322 e. The van der Waals surface area contributed by atoms with E-state index in [4.69, 9.17) is 21.7 Å². The molecule has 1 fully saturated rings. The number of carbonyl (C=O) groups excluding carboxylic acids is 3. The lowest BCUT2D eigenvalue weighted by Crippen LogP contribution is -2.55. The summed E-state index contributed by atoms with van der Waals surface area (Å²) in [7, 11) is 0. The van der Waals surface area contributed by atoms with Crippen molar-refractivity contribution in [3.8, 4) is 0 Å². The van der Waals surface area contributed by atoms with Crippen LogP contribution in [0.1, 0.15) is 38.5 Å². The molecule has 0 bridgehead atoms. The number of nitrogens with zero attached hydrogens (tertiary/aromatic N) is 1. The number of carboxylic acid groups (broad SMARTS) is 2. The van der Waals surface area contributed by atoms with Crippen LogP contribution < -0.4 is 22.1 Å². The molecule has 0 aromatic carbocycles. The number of carboxylic acids is 2. The van der Waals surface area contributed by atoms with Crippen LogP contribution in [0.5, 0.6) is 0 Å². The number of hydrogen-bond donors (Lipinski definition) is 6. The predicted molar refractivity (Wildman–Crippen MR) is 100 cm³/mol. The molecular formula is C17H29N5O7. The zero-order chi connectivity index (χ0) is 22.0. The molecule has 1 aliphatic rings. The number of aliphatic carboxylic acids is 2. The molecule has 1 saturated heterocycles. The molecule has 0 spiro atoms. The predicted octanol–water partition coefficient (Wildman–Crippen LogP) is -2.41. The number of rotatable bonds is 12. The van der Waals surface area contributed by atoms with Gasteiger partial charge in [0.2, 0.25) is 17.7 Å². The molecule has 1 aliphatic heterocycles. The van der Waals surface area contributed by atoms with Crippen LogP contribution in [0, 0.1) is 0 Å². The van der Waals surface area contributed by atoms with E-state index in [1.807, 2.05) is 0 Å². The van der Waals surface area contributed by atoms with Crippen molar-refractivity contribution in [1.82, 2.24) is 15.5 Å². The summed E-state index contributed by atoms with van der Waals surface area (Å²) < 4.78 is 0. The molecule has 3 amide bonds. The number of amides is 3. The van der Waals surface area contributed by atoms with E-state index in [2.05, 4.69) is 10.6 Å². The van der Waals surface area contributed by atoms with Gasteiger partial charge >= 0.3 is 11.9 Å². The standard InChI is InChI=1S/C17H29N5O7/c18-6-2-1-4-11(15(27)20-9-14(25)26)21-16(28)12-5-3-7-22(12)17(29)10(19)8-13(23)24/h10-12H,1-9,18-19H2,(H,20,27)(H,21,28)(H,23,24)(H,25,26). The summed E-state index contributed by atoms with van der Waals surface area (Å²) in [6.45, 7) is 0.0806. The average Bonchev–Trinajstić information content (AvgIpc) is 3.13. The second kappa shape index (κ2) is 12.0. The SMILES string of the molecule is NCCCCC(NC(=O)C1CCCN1C(=O)C(N)CC(=O)O)C(=O)NCC(=O)O. The Morgan fingerprint density at radius 3 is 2.38 bits per heavy atom. The fourth-order valence-electron chi connectivity index (χ4n) is 3.11. The van der Waals surface area contributed by atoms with Gasteiger partial charge in [-0.25, -0.2) is 0 Å². The van der Waals surface area contributed by atoms with Crippen LogP contribution in [-0.4, -0.2) is 82.5 Å².